The lowest BCUT2D eigenvalue weighted by Crippen LogP contribution is -2.20. The molecule has 0 fully saturated rings. The van der Waals surface area contributed by atoms with Gasteiger partial charge in [-0.1, -0.05) is 26.8 Å². The van der Waals surface area contributed by atoms with E-state index in [0.717, 1.165) is 25.4 Å². The molecule has 2 nitrogen and oxygen atoms in total. The van der Waals surface area contributed by atoms with E-state index < -0.39 is 0 Å². The molecule has 1 rings (SSSR count). The molecular formula is C14H23NO. The summed E-state index contributed by atoms with van der Waals surface area (Å²) in [6, 6.07) is 6.36. The second-order valence-corrected chi connectivity index (χ2v) is 4.38. The number of hydrogen-bond donors (Lipinski definition) is 1. The van der Waals surface area contributed by atoms with Crippen LogP contribution in [0.3, 0.4) is 0 Å². The summed E-state index contributed by atoms with van der Waals surface area (Å²) in [4.78, 5) is 0. The Morgan fingerprint density at radius 2 is 2.06 bits per heavy atom. The molecule has 1 aromatic carbocycles. The van der Waals surface area contributed by atoms with Crippen molar-refractivity contribution in [2.24, 2.45) is 0 Å². The van der Waals surface area contributed by atoms with Crippen molar-refractivity contribution in [2.75, 3.05) is 19.7 Å². The maximum atomic E-state index is 5.66. The lowest BCUT2D eigenvalue weighted by molar-refractivity contribution is 0.315. The Kier molecular flexibility index (Phi) is 5.33. The van der Waals surface area contributed by atoms with Crippen LogP contribution in [0.25, 0.3) is 0 Å². The highest BCUT2D eigenvalue weighted by Crippen LogP contribution is 2.23. The first-order valence-electron chi connectivity index (χ1n) is 6.09. The minimum absolute atomic E-state index is 0.579. The third-order valence-electron chi connectivity index (χ3n) is 2.66. The first kappa shape index (κ1) is 13.0. The van der Waals surface area contributed by atoms with Crippen LogP contribution in [-0.4, -0.2) is 19.7 Å². The van der Waals surface area contributed by atoms with Gasteiger partial charge < -0.3 is 10.1 Å². The van der Waals surface area contributed by atoms with Crippen molar-refractivity contribution < 1.29 is 4.74 Å². The van der Waals surface area contributed by atoms with Crippen LogP contribution in [-0.2, 0) is 0 Å². The van der Waals surface area contributed by atoms with Gasteiger partial charge in [0.25, 0.3) is 0 Å². The predicted molar refractivity (Wildman–Crippen MR) is 69.3 cm³/mol. The van der Waals surface area contributed by atoms with Crippen LogP contribution in [0, 0.1) is 6.92 Å². The zero-order chi connectivity index (χ0) is 12.0. The number of ether oxygens (including phenoxy) is 1. The molecule has 0 unspecified atom stereocenters. The fourth-order valence-corrected chi connectivity index (χ4v) is 1.80. The molecule has 0 aliphatic heterocycles. The lowest BCUT2D eigenvalue weighted by Gasteiger charge is -2.12. The number of hydrogen-bond acceptors (Lipinski definition) is 2. The summed E-state index contributed by atoms with van der Waals surface area (Å²) >= 11 is 0. The Balaban J connectivity index is 2.53. The predicted octanol–water partition coefficient (Wildman–Crippen LogP) is 3.11. The second-order valence-electron chi connectivity index (χ2n) is 4.38. The molecule has 0 spiro atoms. The number of aryl methyl sites for hydroxylation is 1. The summed E-state index contributed by atoms with van der Waals surface area (Å²) in [5, 5.41) is 3.24. The molecule has 1 aromatic rings. The van der Waals surface area contributed by atoms with Crippen LogP contribution in [0.15, 0.2) is 18.2 Å². The molecule has 0 saturated heterocycles. The monoisotopic (exact) mass is 221 g/mol. The van der Waals surface area contributed by atoms with Crippen molar-refractivity contribution in [3.8, 4) is 5.75 Å². The lowest BCUT2D eigenvalue weighted by atomic mass is 9.98. The normalized spacial score (nSPS) is 10.8. The molecule has 0 aliphatic carbocycles. The Morgan fingerprint density at radius 1 is 1.31 bits per heavy atom. The number of nitrogens with one attached hydrogen (secondary N) is 1. The van der Waals surface area contributed by atoms with Crippen molar-refractivity contribution in [3.63, 3.8) is 0 Å². The summed E-state index contributed by atoms with van der Waals surface area (Å²) < 4.78 is 5.66. The Hall–Kier alpha value is -1.02. The largest absolute Gasteiger partial charge is 0.492 e. The minimum atomic E-state index is 0.579. The van der Waals surface area contributed by atoms with Crippen molar-refractivity contribution in [3.05, 3.63) is 29.3 Å². The van der Waals surface area contributed by atoms with E-state index in [1.807, 2.05) is 0 Å². The van der Waals surface area contributed by atoms with Gasteiger partial charge >= 0.3 is 0 Å². The quantitative estimate of drug-likeness (QED) is 0.745. The highest BCUT2D eigenvalue weighted by atomic mass is 16.5. The van der Waals surface area contributed by atoms with Gasteiger partial charge in [-0.2, -0.15) is 0 Å². The van der Waals surface area contributed by atoms with Crippen LogP contribution >= 0.6 is 0 Å². The Labute approximate surface area is 99.0 Å². The smallest absolute Gasteiger partial charge is 0.119 e. The fraction of sp³-hybridized carbons (Fsp3) is 0.571. The van der Waals surface area contributed by atoms with Gasteiger partial charge in [0.1, 0.15) is 12.4 Å². The molecule has 0 saturated carbocycles. The van der Waals surface area contributed by atoms with Gasteiger partial charge in [0.15, 0.2) is 0 Å². The Bertz CT molecular complexity index is 321. The van der Waals surface area contributed by atoms with E-state index in [-0.39, 0.29) is 0 Å². The van der Waals surface area contributed by atoms with Gasteiger partial charge in [-0.05, 0) is 42.6 Å². The van der Waals surface area contributed by atoms with Crippen LogP contribution in [0.1, 0.15) is 37.8 Å². The van der Waals surface area contributed by atoms with Gasteiger partial charge in [0, 0.05) is 6.54 Å². The zero-order valence-corrected chi connectivity index (χ0v) is 10.8. The van der Waals surface area contributed by atoms with Crippen molar-refractivity contribution in [2.45, 2.75) is 33.6 Å². The van der Waals surface area contributed by atoms with Crippen molar-refractivity contribution >= 4 is 0 Å². The molecule has 90 valence electrons. The third kappa shape index (κ3) is 3.86. The van der Waals surface area contributed by atoms with Crippen molar-refractivity contribution in [1.82, 2.24) is 5.32 Å². The van der Waals surface area contributed by atoms with Crippen LogP contribution in [0.5, 0.6) is 5.75 Å². The van der Waals surface area contributed by atoms with E-state index in [0.29, 0.717) is 5.92 Å². The summed E-state index contributed by atoms with van der Waals surface area (Å²) in [5.74, 6) is 1.55. The molecule has 16 heavy (non-hydrogen) atoms. The maximum absolute atomic E-state index is 5.66. The van der Waals surface area contributed by atoms with Crippen LogP contribution in [0.4, 0.5) is 0 Å². The Morgan fingerprint density at radius 3 is 2.62 bits per heavy atom. The molecule has 0 radical (unpaired) electrons. The number of benzene rings is 1. The summed E-state index contributed by atoms with van der Waals surface area (Å²) in [5.41, 5.74) is 2.72. The molecule has 0 aliphatic rings. The van der Waals surface area contributed by atoms with Crippen LogP contribution in [0.2, 0.25) is 0 Å². The first-order valence-corrected chi connectivity index (χ1v) is 6.09. The average Bonchev–Trinajstić information content (AvgIpc) is 2.24. The van der Waals surface area contributed by atoms with Gasteiger partial charge in [-0.15, -0.1) is 0 Å². The van der Waals surface area contributed by atoms with Crippen molar-refractivity contribution in [1.29, 1.82) is 0 Å². The molecule has 0 amide bonds. The van der Waals surface area contributed by atoms with E-state index >= 15 is 0 Å². The molecule has 1 N–H and O–H groups in total. The molecule has 0 heterocycles. The molecule has 0 atom stereocenters. The molecular weight excluding hydrogens is 198 g/mol. The third-order valence-corrected chi connectivity index (χ3v) is 2.66. The zero-order valence-electron chi connectivity index (χ0n) is 10.8. The van der Waals surface area contributed by atoms with Gasteiger partial charge in [-0.25, -0.2) is 0 Å². The van der Waals surface area contributed by atoms with E-state index in [1.54, 1.807) is 0 Å². The minimum Gasteiger partial charge on any atom is -0.492 e. The summed E-state index contributed by atoms with van der Waals surface area (Å²) in [6.07, 6.45) is 0. The van der Waals surface area contributed by atoms with E-state index in [2.05, 4.69) is 51.2 Å². The number of likely N-dealkylation sites (N-methyl/N-ethyl adjacent to an activating group) is 1. The maximum Gasteiger partial charge on any atom is 0.119 e. The summed E-state index contributed by atoms with van der Waals surface area (Å²) in [7, 11) is 0. The van der Waals surface area contributed by atoms with E-state index in [9.17, 15) is 0 Å². The molecule has 0 aromatic heterocycles. The van der Waals surface area contributed by atoms with E-state index in [1.165, 1.54) is 11.1 Å². The van der Waals surface area contributed by atoms with Crippen LogP contribution < -0.4 is 10.1 Å². The second kappa shape index (κ2) is 6.54. The standard InChI is InChI=1S/C14H23NO/c1-5-15-8-9-16-13-6-7-14(11(2)3)12(4)10-13/h6-7,10-11,15H,5,8-9H2,1-4H3. The summed E-state index contributed by atoms with van der Waals surface area (Å²) in [6.45, 7) is 11.3. The SMILES string of the molecule is CCNCCOc1ccc(C(C)C)c(C)c1. The van der Waals surface area contributed by atoms with E-state index in [4.69, 9.17) is 4.74 Å². The number of rotatable bonds is 6. The topological polar surface area (TPSA) is 21.3 Å². The fourth-order valence-electron chi connectivity index (χ4n) is 1.80. The highest BCUT2D eigenvalue weighted by Gasteiger charge is 2.04. The molecule has 2 heteroatoms. The van der Waals surface area contributed by atoms with Gasteiger partial charge in [0.2, 0.25) is 0 Å². The van der Waals surface area contributed by atoms with Gasteiger partial charge in [0.05, 0.1) is 0 Å². The molecule has 0 bridgehead atoms. The average molecular weight is 221 g/mol. The highest BCUT2D eigenvalue weighted by molar-refractivity contribution is 5.36. The first-order chi connectivity index (χ1) is 7.65. The van der Waals surface area contributed by atoms with Gasteiger partial charge in [-0.3, -0.25) is 0 Å².